The summed E-state index contributed by atoms with van der Waals surface area (Å²) in [5, 5.41) is 8.68. The zero-order chi connectivity index (χ0) is 8.32. The molecule has 1 aliphatic rings. The summed E-state index contributed by atoms with van der Waals surface area (Å²) in [5.41, 5.74) is 0. The maximum atomic E-state index is 10.6. The van der Waals surface area contributed by atoms with E-state index in [0.717, 1.165) is 19.3 Å². The Hall–Kier alpha value is -0.570. The Morgan fingerprint density at radius 1 is 1.64 bits per heavy atom. The molecule has 0 fully saturated rings. The second-order valence-electron chi connectivity index (χ2n) is 2.62. The lowest BCUT2D eigenvalue weighted by Gasteiger charge is -2.14. The summed E-state index contributed by atoms with van der Waals surface area (Å²) >= 11 is 5.72. The lowest BCUT2D eigenvalue weighted by molar-refractivity contribution is -0.140. The molecular weight excluding hydrogens is 166 g/mol. The summed E-state index contributed by atoms with van der Waals surface area (Å²) in [6, 6.07) is 0. The van der Waals surface area contributed by atoms with Crippen molar-refractivity contribution in [3.8, 4) is 0 Å². The summed E-state index contributed by atoms with van der Waals surface area (Å²) < 4.78 is 0. The molecule has 1 atom stereocenters. The molecule has 62 valence electrons. The number of carboxylic acids is 1. The number of nitrogens with zero attached hydrogens (tertiary/aromatic N) is 1. The molecule has 1 N–H and O–H groups in total. The van der Waals surface area contributed by atoms with E-state index >= 15 is 0 Å². The predicted octanol–water partition coefficient (Wildman–Crippen LogP) is 1.65. The van der Waals surface area contributed by atoms with Crippen LogP contribution in [0.15, 0.2) is 4.99 Å². The van der Waals surface area contributed by atoms with Gasteiger partial charge in [-0.1, -0.05) is 11.6 Å². The Morgan fingerprint density at radius 3 is 3.00 bits per heavy atom. The van der Waals surface area contributed by atoms with Crippen LogP contribution in [0, 0.1) is 0 Å². The van der Waals surface area contributed by atoms with E-state index < -0.39 is 11.0 Å². The number of rotatable bonds is 1. The Morgan fingerprint density at radius 2 is 2.36 bits per heavy atom. The topological polar surface area (TPSA) is 49.7 Å². The molecule has 0 radical (unpaired) electrons. The summed E-state index contributed by atoms with van der Waals surface area (Å²) in [4.78, 5) is 13.0. The minimum Gasteiger partial charge on any atom is -0.479 e. The molecule has 0 amide bonds. The van der Waals surface area contributed by atoms with Crippen LogP contribution in [0.1, 0.15) is 25.7 Å². The molecule has 0 bridgehead atoms. The van der Waals surface area contributed by atoms with Gasteiger partial charge in [0.1, 0.15) is 0 Å². The highest BCUT2D eigenvalue weighted by Crippen LogP contribution is 2.26. The van der Waals surface area contributed by atoms with Gasteiger partial charge in [0, 0.05) is 6.21 Å². The molecule has 1 heterocycles. The van der Waals surface area contributed by atoms with Gasteiger partial charge in [0.25, 0.3) is 0 Å². The maximum Gasteiger partial charge on any atom is 0.347 e. The average Bonchev–Trinajstić information content (AvgIpc) is 2.15. The molecule has 0 aromatic heterocycles. The average molecular weight is 176 g/mol. The fraction of sp³-hybridized carbons (Fsp3) is 0.714. The quantitative estimate of drug-likeness (QED) is 0.487. The molecule has 0 saturated carbocycles. The minimum atomic E-state index is -1.38. The van der Waals surface area contributed by atoms with Gasteiger partial charge in [0.2, 0.25) is 5.00 Å². The molecular formula is C7H10ClNO2. The van der Waals surface area contributed by atoms with E-state index in [4.69, 9.17) is 16.7 Å². The highest BCUT2D eigenvalue weighted by atomic mass is 35.5. The van der Waals surface area contributed by atoms with E-state index in [1.165, 1.54) is 0 Å². The molecule has 0 saturated heterocycles. The molecule has 1 aliphatic heterocycles. The molecule has 4 heteroatoms. The van der Waals surface area contributed by atoms with Crippen LogP contribution in [-0.4, -0.2) is 22.3 Å². The number of carboxylic acid groups (broad SMARTS) is 1. The third-order valence-corrected chi connectivity index (χ3v) is 2.16. The molecule has 0 aromatic carbocycles. The fourth-order valence-corrected chi connectivity index (χ4v) is 1.23. The van der Waals surface area contributed by atoms with Gasteiger partial charge in [0.05, 0.1) is 0 Å². The van der Waals surface area contributed by atoms with Crippen molar-refractivity contribution in [2.24, 2.45) is 4.99 Å². The lowest BCUT2D eigenvalue weighted by Crippen LogP contribution is -2.29. The predicted molar refractivity (Wildman–Crippen MR) is 43.2 cm³/mol. The third kappa shape index (κ3) is 1.93. The number of hydrogen-bond donors (Lipinski definition) is 1. The van der Waals surface area contributed by atoms with E-state index in [2.05, 4.69) is 4.99 Å². The first-order chi connectivity index (χ1) is 5.15. The SMILES string of the molecule is O=C(O)C1(Cl)CCCCC=N1. The van der Waals surface area contributed by atoms with Gasteiger partial charge in [0.15, 0.2) is 0 Å². The summed E-state index contributed by atoms with van der Waals surface area (Å²) in [7, 11) is 0. The van der Waals surface area contributed by atoms with Crippen LogP contribution in [0.5, 0.6) is 0 Å². The van der Waals surface area contributed by atoms with Crippen molar-refractivity contribution >= 4 is 23.8 Å². The molecule has 0 spiro atoms. The number of halogens is 1. The van der Waals surface area contributed by atoms with Gasteiger partial charge < -0.3 is 5.11 Å². The Labute approximate surface area is 70.1 Å². The number of aliphatic carboxylic acids is 1. The summed E-state index contributed by atoms with van der Waals surface area (Å²) in [6.07, 6.45) is 4.68. The van der Waals surface area contributed by atoms with Gasteiger partial charge >= 0.3 is 5.97 Å². The van der Waals surface area contributed by atoms with Gasteiger partial charge in [-0.3, -0.25) is 4.99 Å². The van der Waals surface area contributed by atoms with Crippen LogP contribution in [0.2, 0.25) is 0 Å². The molecule has 1 rings (SSSR count). The van der Waals surface area contributed by atoms with Crippen molar-refractivity contribution in [3.05, 3.63) is 0 Å². The van der Waals surface area contributed by atoms with Crippen LogP contribution in [-0.2, 0) is 4.79 Å². The van der Waals surface area contributed by atoms with Crippen molar-refractivity contribution in [2.75, 3.05) is 0 Å². The van der Waals surface area contributed by atoms with E-state index in [-0.39, 0.29) is 0 Å². The number of aliphatic imine (C=N–C) groups is 1. The summed E-state index contributed by atoms with van der Waals surface area (Å²) in [5.74, 6) is -1.04. The Kier molecular flexibility index (Phi) is 2.49. The first kappa shape index (κ1) is 8.53. The van der Waals surface area contributed by atoms with Gasteiger partial charge in [-0.05, 0) is 25.7 Å². The standard InChI is InChI=1S/C7H10ClNO2/c8-7(6(10)11)4-2-1-3-5-9-7/h5H,1-4H2,(H,10,11). The first-order valence-electron chi connectivity index (χ1n) is 3.61. The molecule has 1 unspecified atom stereocenters. The smallest absolute Gasteiger partial charge is 0.347 e. The van der Waals surface area contributed by atoms with Crippen molar-refractivity contribution in [3.63, 3.8) is 0 Å². The van der Waals surface area contributed by atoms with Crippen LogP contribution in [0.3, 0.4) is 0 Å². The Bertz CT molecular complexity index is 193. The van der Waals surface area contributed by atoms with Crippen LogP contribution < -0.4 is 0 Å². The van der Waals surface area contributed by atoms with Crippen LogP contribution in [0.25, 0.3) is 0 Å². The normalized spacial score (nSPS) is 31.4. The minimum absolute atomic E-state index is 0.431. The van der Waals surface area contributed by atoms with Crippen molar-refractivity contribution in [2.45, 2.75) is 30.7 Å². The van der Waals surface area contributed by atoms with Crippen LogP contribution >= 0.6 is 11.6 Å². The molecule has 0 aliphatic carbocycles. The number of hydrogen-bond acceptors (Lipinski definition) is 2. The van der Waals surface area contributed by atoms with Crippen molar-refractivity contribution < 1.29 is 9.90 Å². The number of alkyl halides is 1. The van der Waals surface area contributed by atoms with Crippen molar-refractivity contribution in [1.82, 2.24) is 0 Å². The molecule has 3 nitrogen and oxygen atoms in total. The Balaban J connectivity index is 2.73. The largest absolute Gasteiger partial charge is 0.479 e. The van der Waals surface area contributed by atoms with E-state index in [0.29, 0.717) is 6.42 Å². The van der Waals surface area contributed by atoms with Crippen LogP contribution in [0.4, 0.5) is 0 Å². The summed E-state index contributed by atoms with van der Waals surface area (Å²) in [6.45, 7) is 0. The van der Waals surface area contributed by atoms with E-state index in [9.17, 15) is 4.79 Å². The lowest BCUT2D eigenvalue weighted by atomic mass is 10.1. The van der Waals surface area contributed by atoms with Gasteiger partial charge in [-0.2, -0.15) is 0 Å². The van der Waals surface area contributed by atoms with Gasteiger partial charge in [-0.25, -0.2) is 4.79 Å². The molecule has 11 heavy (non-hydrogen) atoms. The highest BCUT2D eigenvalue weighted by Gasteiger charge is 2.35. The first-order valence-corrected chi connectivity index (χ1v) is 3.99. The van der Waals surface area contributed by atoms with Gasteiger partial charge in [-0.15, -0.1) is 0 Å². The van der Waals surface area contributed by atoms with E-state index in [1.807, 2.05) is 0 Å². The zero-order valence-corrected chi connectivity index (χ0v) is 6.84. The molecule has 0 aromatic rings. The third-order valence-electron chi connectivity index (χ3n) is 1.71. The second-order valence-corrected chi connectivity index (χ2v) is 3.25. The highest BCUT2D eigenvalue weighted by molar-refractivity contribution is 6.33. The second kappa shape index (κ2) is 3.22. The zero-order valence-electron chi connectivity index (χ0n) is 6.09. The van der Waals surface area contributed by atoms with Crippen molar-refractivity contribution in [1.29, 1.82) is 0 Å². The monoisotopic (exact) mass is 175 g/mol. The van der Waals surface area contributed by atoms with E-state index in [1.54, 1.807) is 6.21 Å². The fourth-order valence-electron chi connectivity index (χ4n) is 1.03. The maximum absolute atomic E-state index is 10.6. The number of carbonyl (C=O) groups is 1.